The minimum absolute atomic E-state index is 0.105. The number of hydrogen-bond donors (Lipinski definition) is 1. The minimum Gasteiger partial charge on any atom is -0.494 e. The molecule has 4 aromatic rings. The number of alkyl halides is 3. The van der Waals surface area contributed by atoms with E-state index >= 15 is 0 Å². The summed E-state index contributed by atoms with van der Waals surface area (Å²) in [4.78, 5) is 4.93. The van der Waals surface area contributed by atoms with Crippen molar-refractivity contribution in [2.24, 2.45) is 0 Å². The lowest BCUT2D eigenvalue weighted by atomic mass is 9.95. The van der Waals surface area contributed by atoms with Crippen LogP contribution < -0.4 is 14.8 Å². The van der Waals surface area contributed by atoms with E-state index < -0.39 is 17.6 Å². The first kappa shape index (κ1) is 29.1. The van der Waals surface area contributed by atoms with E-state index in [0.29, 0.717) is 18.4 Å². The van der Waals surface area contributed by atoms with Crippen molar-refractivity contribution in [2.75, 3.05) is 19.7 Å². The normalized spacial score (nSPS) is 12.0. The Hall–Kier alpha value is -3.85. The van der Waals surface area contributed by atoms with Gasteiger partial charge in [0.25, 0.3) is 0 Å². The first-order valence-corrected chi connectivity index (χ1v) is 13.1. The van der Waals surface area contributed by atoms with Crippen LogP contribution in [-0.4, -0.2) is 29.2 Å². The fourth-order valence-corrected chi connectivity index (χ4v) is 4.13. The highest BCUT2D eigenvalue weighted by Crippen LogP contribution is 2.35. The summed E-state index contributed by atoms with van der Waals surface area (Å²) in [7, 11) is 0. The quantitative estimate of drug-likeness (QED) is 0.158. The first-order chi connectivity index (χ1) is 19.0. The summed E-state index contributed by atoms with van der Waals surface area (Å²) in [6.07, 6.45) is -1.93. The second kappa shape index (κ2) is 12.1. The average Bonchev–Trinajstić information content (AvgIpc) is 3.36. The van der Waals surface area contributed by atoms with Crippen molar-refractivity contribution in [1.82, 2.24) is 14.9 Å². The SMILES string of the molecule is CCNCCCOc1ccc(-c2cn(-c3ccc(Oc4ccc(F)c(C(F)(F)F)c4)cc3)c(C(C)(C)C)n2)cc1. The van der Waals surface area contributed by atoms with Gasteiger partial charge in [-0.05, 0) is 86.2 Å². The van der Waals surface area contributed by atoms with Crippen molar-refractivity contribution in [3.05, 3.63) is 90.1 Å². The molecule has 0 bridgehead atoms. The lowest BCUT2D eigenvalue weighted by molar-refractivity contribution is -0.140. The highest BCUT2D eigenvalue weighted by Gasteiger charge is 2.34. The average molecular weight is 556 g/mol. The maximum absolute atomic E-state index is 13.6. The number of imidazole rings is 1. The predicted octanol–water partition coefficient (Wildman–Crippen LogP) is 8.17. The van der Waals surface area contributed by atoms with Crippen molar-refractivity contribution in [3.63, 3.8) is 0 Å². The number of aromatic nitrogens is 2. The highest BCUT2D eigenvalue weighted by atomic mass is 19.4. The maximum atomic E-state index is 13.6. The number of nitrogens with zero attached hydrogens (tertiary/aromatic N) is 2. The Balaban J connectivity index is 1.53. The molecule has 1 aromatic heterocycles. The largest absolute Gasteiger partial charge is 0.494 e. The smallest absolute Gasteiger partial charge is 0.419 e. The summed E-state index contributed by atoms with van der Waals surface area (Å²) in [6.45, 7) is 10.8. The van der Waals surface area contributed by atoms with Crippen LogP contribution in [0.1, 0.15) is 45.5 Å². The van der Waals surface area contributed by atoms with Crippen LogP contribution in [0.2, 0.25) is 0 Å². The van der Waals surface area contributed by atoms with Gasteiger partial charge in [-0.2, -0.15) is 13.2 Å². The highest BCUT2D eigenvalue weighted by molar-refractivity contribution is 5.61. The Labute approximate surface area is 231 Å². The third kappa shape index (κ3) is 7.21. The summed E-state index contributed by atoms with van der Waals surface area (Å²) in [5.41, 5.74) is 0.916. The van der Waals surface area contributed by atoms with Gasteiger partial charge in [0.05, 0.1) is 17.9 Å². The zero-order valence-electron chi connectivity index (χ0n) is 23.0. The van der Waals surface area contributed by atoms with Gasteiger partial charge in [0, 0.05) is 22.9 Å². The lowest BCUT2D eigenvalue weighted by Crippen LogP contribution is -2.18. The molecular formula is C31H33F4N3O2. The van der Waals surface area contributed by atoms with Gasteiger partial charge in [0.1, 0.15) is 28.9 Å². The van der Waals surface area contributed by atoms with Crippen molar-refractivity contribution >= 4 is 0 Å². The molecule has 0 aliphatic rings. The van der Waals surface area contributed by atoms with E-state index in [0.717, 1.165) is 54.1 Å². The summed E-state index contributed by atoms with van der Waals surface area (Å²) >= 11 is 0. The van der Waals surface area contributed by atoms with E-state index in [9.17, 15) is 17.6 Å². The zero-order chi connectivity index (χ0) is 28.9. The molecule has 0 saturated heterocycles. The van der Waals surface area contributed by atoms with Crippen LogP contribution in [0.5, 0.6) is 17.2 Å². The van der Waals surface area contributed by atoms with E-state index in [2.05, 4.69) is 33.0 Å². The number of halogens is 4. The van der Waals surface area contributed by atoms with Gasteiger partial charge in [-0.3, -0.25) is 0 Å². The monoisotopic (exact) mass is 555 g/mol. The molecule has 40 heavy (non-hydrogen) atoms. The fourth-order valence-electron chi connectivity index (χ4n) is 4.13. The second-order valence-corrected chi connectivity index (χ2v) is 10.4. The molecule has 0 atom stereocenters. The Bertz CT molecular complexity index is 1410. The molecule has 0 unspecified atom stereocenters. The van der Waals surface area contributed by atoms with Crippen LogP contribution in [0, 0.1) is 5.82 Å². The third-order valence-electron chi connectivity index (χ3n) is 6.14. The van der Waals surface area contributed by atoms with Crippen LogP contribution in [0.15, 0.2) is 72.9 Å². The van der Waals surface area contributed by atoms with Gasteiger partial charge in [-0.25, -0.2) is 9.37 Å². The molecule has 212 valence electrons. The van der Waals surface area contributed by atoms with Crippen molar-refractivity contribution in [3.8, 4) is 34.2 Å². The first-order valence-electron chi connectivity index (χ1n) is 13.1. The predicted molar refractivity (Wildman–Crippen MR) is 148 cm³/mol. The number of rotatable bonds is 10. The summed E-state index contributed by atoms with van der Waals surface area (Å²) in [5, 5.41) is 3.27. The number of benzene rings is 3. The zero-order valence-corrected chi connectivity index (χ0v) is 23.0. The lowest BCUT2D eigenvalue weighted by Gasteiger charge is -2.20. The molecule has 4 rings (SSSR count). The standard InChI is InChI=1S/C31H33F4N3O2/c1-5-36-17-6-18-39-23-11-7-21(8-12-23)28-20-38(29(37-28)30(2,3)4)22-9-13-24(14-10-22)40-25-15-16-27(32)26(19-25)31(33,34)35/h7-16,19-20,36H,5-6,17-18H2,1-4H3. The van der Waals surface area contributed by atoms with Gasteiger partial charge >= 0.3 is 6.18 Å². The molecule has 0 aliphatic carbocycles. The van der Waals surface area contributed by atoms with E-state index in [1.165, 1.54) is 6.07 Å². The van der Waals surface area contributed by atoms with Crippen molar-refractivity contribution < 1.29 is 27.0 Å². The Kier molecular flexibility index (Phi) is 8.83. The Morgan fingerprint density at radius 1 is 0.875 bits per heavy atom. The molecule has 3 aromatic carbocycles. The summed E-state index contributed by atoms with van der Waals surface area (Å²) in [5.74, 6) is 0.514. The Morgan fingerprint density at radius 2 is 1.52 bits per heavy atom. The molecule has 0 amide bonds. The molecule has 5 nitrogen and oxygen atoms in total. The van der Waals surface area contributed by atoms with Gasteiger partial charge in [0.15, 0.2) is 0 Å². The molecular weight excluding hydrogens is 522 g/mol. The molecule has 1 N–H and O–H groups in total. The molecule has 0 saturated carbocycles. The maximum Gasteiger partial charge on any atom is 0.419 e. The van der Waals surface area contributed by atoms with E-state index in [1.54, 1.807) is 24.3 Å². The van der Waals surface area contributed by atoms with Crippen LogP contribution in [0.25, 0.3) is 16.9 Å². The van der Waals surface area contributed by atoms with Crippen LogP contribution in [0.3, 0.4) is 0 Å². The third-order valence-corrected chi connectivity index (χ3v) is 6.14. The molecule has 0 spiro atoms. The van der Waals surface area contributed by atoms with Crippen molar-refractivity contribution in [2.45, 2.75) is 45.7 Å². The van der Waals surface area contributed by atoms with E-state index in [-0.39, 0.29) is 11.2 Å². The van der Waals surface area contributed by atoms with E-state index in [1.807, 2.05) is 35.0 Å². The topological polar surface area (TPSA) is 48.3 Å². The molecule has 1 heterocycles. The number of ether oxygens (including phenoxy) is 2. The number of nitrogens with one attached hydrogen (secondary N) is 1. The molecule has 0 radical (unpaired) electrons. The fraction of sp³-hybridized carbons (Fsp3) is 0.323. The summed E-state index contributed by atoms with van der Waals surface area (Å²) in [6, 6.07) is 17.3. The summed E-state index contributed by atoms with van der Waals surface area (Å²) < 4.78 is 66.2. The molecule has 0 aliphatic heterocycles. The van der Waals surface area contributed by atoms with Crippen LogP contribution >= 0.6 is 0 Å². The van der Waals surface area contributed by atoms with E-state index in [4.69, 9.17) is 14.5 Å². The Morgan fingerprint density at radius 3 is 2.15 bits per heavy atom. The molecule has 9 heteroatoms. The van der Waals surface area contributed by atoms with Gasteiger partial charge in [-0.15, -0.1) is 0 Å². The van der Waals surface area contributed by atoms with Crippen LogP contribution in [-0.2, 0) is 11.6 Å². The second-order valence-electron chi connectivity index (χ2n) is 10.4. The van der Waals surface area contributed by atoms with Gasteiger partial charge in [0.2, 0.25) is 0 Å². The number of hydrogen-bond acceptors (Lipinski definition) is 4. The van der Waals surface area contributed by atoms with Gasteiger partial charge in [-0.1, -0.05) is 27.7 Å². The van der Waals surface area contributed by atoms with Crippen LogP contribution in [0.4, 0.5) is 17.6 Å². The van der Waals surface area contributed by atoms with Crippen molar-refractivity contribution in [1.29, 1.82) is 0 Å². The molecule has 0 fully saturated rings. The van der Waals surface area contributed by atoms with Gasteiger partial charge < -0.3 is 19.4 Å². The minimum atomic E-state index is -4.81.